The van der Waals surface area contributed by atoms with Gasteiger partial charge in [0.15, 0.2) is 0 Å². The topological polar surface area (TPSA) is 40.5 Å². The van der Waals surface area contributed by atoms with Crippen LogP contribution in [0.1, 0.15) is 16.8 Å². The molecule has 1 N–H and O–H groups in total. The molecule has 2 rings (SSSR count). The van der Waals surface area contributed by atoms with Crippen LogP contribution in [0.2, 0.25) is 10.0 Å². The first-order valence-electron chi connectivity index (χ1n) is 5.01. The SMILES string of the molecule is O=C(c1c(Cl)cccc1Cl)N1CCC(O)C1. The summed E-state index contributed by atoms with van der Waals surface area (Å²) in [5, 5.41) is 10.1. The lowest BCUT2D eigenvalue weighted by molar-refractivity contribution is 0.0765. The number of aliphatic hydroxyl groups excluding tert-OH is 1. The van der Waals surface area contributed by atoms with Crippen molar-refractivity contribution in [3.63, 3.8) is 0 Å². The van der Waals surface area contributed by atoms with Crippen LogP contribution in [0.5, 0.6) is 0 Å². The van der Waals surface area contributed by atoms with Gasteiger partial charge >= 0.3 is 0 Å². The fraction of sp³-hybridized carbons (Fsp3) is 0.364. The van der Waals surface area contributed by atoms with Gasteiger partial charge in [-0.2, -0.15) is 0 Å². The maximum Gasteiger partial charge on any atom is 0.256 e. The lowest BCUT2D eigenvalue weighted by atomic mass is 10.2. The average molecular weight is 260 g/mol. The minimum Gasteiger partial charge on any atom is -0.391 e. The first kappa shape index (κ1) is 11.7. The Morgan fingerprint density at radius 1 is 1.38 bits per heavy atom. The van der Waals surface area contributed by atoms with Crippen molar-refractivity contribution in [3.8, 4) is 0 Å². The number of benzene rings is 1. The second-order valence-electron chi connectivity index (χ2n) is 3.79. The van der Waals surface area contributed by atoms with Crippen LogP contribution < -0.4 is 0 Å². The first-order valence-corrected chi connectivity index (χ1v) is 5.76. The molecule has 1 aromatic carbocycles. The molecule has 0 spiro atoms. The lowest BCUT2D eigenvalue weighted by Gasteiger charge is -2.17. The maximum absolute atomic E-state index is 12.1. The van der Waals surface area contributed by atoms with Gasteiger partial charge in [0.2, 0.25) is 0 Å². The number of carbonyl (C=O) groups is 1. The number of hydrogen-bond donors (Lipinski definition) is 1. The van der Waals surface area contributed by atoms with E-state index in [1.807, 2.05) is 0 Å². The Bertz CT molecular complexity index is 402. The summed E-state index contributed by atoms with van der Waals surface area (Å²) in [4.78, 5) is 13.6. The molecule has 1 saturated heterocycles. The maximum atomic E-state index is 12.1. The molecule has 1 unspecified atom stereocenters. The highest BCUT2D eigenvalue weighted by Crippen LogP contribution is 2.26. The van der Waals surface area contributed by atoms with Crippen LogP contribution >= 0.6 is 23.2 Å². The fourth-order valence-corrected chi connectivity index (χ4v) is 2.35. The number of likely N-dealkylation sites (tertiary alicyclic amines) is 1. The highest BCUT2D eigenvalue weighted by Gasteiger charge is 2.27. The summed E-state index contributed by atoms with van der Waals surface area (Å²) >= 11 is 11.9. The van der Waals surface area contributed by atoms with Gasteiger partial charge in [0, 0.05) is 13.1 Å². The molecule has 16 heavy (non-hydrogen) atoms. The second-order valence-corrected chi connectivity index (χ2v) is 4.60. The molecule has 0 bridgehead atoms. The summed E-state index contributed by atoms with van der Waals surface area (Å²) in [6, 6.07) is 4.96. The molecule has 1 aliphatic rings. The normalized spacial score (nSPS) is 20.2. The lowest BCUT2D eigenvalue weighted by Crippen LogP contribution is -2.30. The van der Waals surface area contributed by atoms with E-state index in [2.05, 4.69) is 0 Å². The summed E-state index contributed by atoms with van der Waals surface area (Å²) < 4.78 is 0. The molecule has 5 heteroatoms. The first-order chi connectivity index (χ1) is 7.59. The van der Waals surface area contributed by atoms with E-state index in [0.29, 0.717) is 35.1 Å². The predicted molar refractivity (Wildman–Crippen MR) is 63.0 cm³/mol. The van der Waals surface area contributed by atoms with E-state index in [1.165, 1.54) is 0 Å². The van der Waals surface area contributed by atoms with Crippen LogP contribution in [-0.2, 0) is 0 Å². The van der Waals surface area contributed by atoms with E-state index in [4.69, 9.17) is 23.2 Å². The van der Waals surface area contributed by atoms with E-state index in [-0.39, 0.29) is 5.91 Å². The van der Waals surface area contributed by atoms with Gasteiger partial charge in [-0.05, 0) is 18.6 Å². The van der Waals surface area contributed by atoms with Crippen LogP contribution in [0.25, 0.3) is 0 Å². The number of halogens is 2. The number of β-amino-alcohol motifs (C(OH)–C–C–N with tert-alkyl or cyclic N) is 1. The van der Waals surface area contributed by atoms with Gasteiger partial charge in [-0.15, -0.1) is 0 Å². The van der Waals surface area contributed by atoms with E-state index < -0.39 is 6.10 Å². The Hall–Kier alpha value is -0.770. The zero-order valence-electron chi connectivity index (χ0n) is 8.49. The molecule has 1 atom stereocenters. The predicted octanol–water partition coefficient (Wildman–Crippen LogP) is 2.20. The van der Waals surface area contributed by atoms with Gasteiger partial charge in [0.1, 0.15) is 0 Å². The van der Waals surface area contributed by atoms with Gasteiger partial charge in [0.25, 0.3) is 5.91 Å². The van der Waals surface area contributed by atoms with E-state index in [1.54, 1.807) is 23.1 Å². The van der Waals surface area contributed by atoms with Gasteiger partial charge < -0.3 is 10.0 Å². The molecule has 1 amide bonds. The van der Waals surface area contributed by atoms with Crippen molar-refractivity contribution < 1.29 is 9.90 Å². The van der Waals surface area contributed by atoms with Crippen molar-refractivity contribution in [2.45, 2.75) is 12.5 Å². The minimum absolute atomic E-state index is 0.216. The molecule has 1 aliphatic heterocycles. The third-order valence-corrected chi connectivity index (χ3v) is 3.26. The Labute approximate surface area is 104 Å². The van der Waals surface area contributed by atoms with Crippen molar-refractivity contribution in [3.05, 3.63) is 33.8 Å². The molecule has 0 saturated carbocycles. The Kier molecular flexibility index (Phi) is 3.38. The number of hydrogen-bond acceptors (Lipinski definition) is 2. The molecule has 1 fully saturated rings. The standard InChI is InChI=1S/C11H11Cl2NO2/c12-8-2-1-3-9(13)10(8)11(16)14-5-4-7(15)6-14/h1-3,7,15H,4-6H2. The van der Waals surface area contributed by atoms with Gasteiger partial charge in [-0.25, -0.2) is 0 Å². The van der Waals surface area contributed by atoms with Crippen LogP contribution in [0.3, 0.4) is 0 Å². The summed E-state index contributed by atoms with van der Waals surface area (Å²) in [5.74, 6) is -0.216. The molecule has 1 aromatic rings. The third-order valence-electron chi connectivity index (χ3n) is 2.63. The highest BCUT2D eigenvalue weighted by atomic mass is 35.5. The summed E-state index contributed by atoms with van der Waals surface area (Å²) in [6.07, 6.45) is 0.165. The van der Waals surface area contributed by atoms with Crippen molar-refractivity contribution in [2.75, 3.05) is 13.1 Å². The third kappa shape index (κ3) is 2.17. The number of nitrogens with zero attached hydrogens (tertiary/aromatic N) is 1. The summed E-state index contributed by atoms with van der Waals surface area (Å²) in [5.41, 5.74) is 0.319. The van der Waals surface area contributed by atoms with Gasteiger partial charge in [-0.1, -0.05) is 29.3 Å². The van der Waals surface area contributed by atoms with Crippen molar-refractivity contribution in [1.29, 1.82) is 0 Å². The fourth-order valence-electron chi connectivity index (χ4n) is 1.79. The van der Waals surface area contributed by atoms with Crippen molar-refractivity contribution in [1.82, 2.24) is 4.90 Å². The Morgan fingerprint density at radius 2 is 2.00 bits per heavy atom. The minimum atomic E-state index is -0.440. The molecular formula is C11H11Cl2NO2. The summed E-state index contributed by atoms with van der Waals surface area (Å²) in [6.45, 7) is 0.891. The Morgan fingerprint density at radius 3 is 2.50 bits per heavy atom. The molecule has 1 heterocycles. The molecule has 3 nitrogen and oxygen atoms in total. The zero-order valence-corrected chi connectivity index (χ0v) is 10.0. The molecule has 0 aromatic heterocycles. The smallest absolute Gasteiger partial charge is 0.256 e. The second kappa shape index (κ2) is 4.62. The van der Waals surface area contributed by atoms with E-state index >= 15 is 0 Å². The molecule has 0 aliphatic carbocycles. The monoisotopic (exact) mass is 259 g/mol. The Balaban J connectivity index is 2.27. The van der Waals surface area contributed by atoms with Crippen molar-refractivity contribution >= 4 is 29.1 Å². The largest absolute Gasteiger partial charge is 0.391 e. The van der Waals surface area contributed by atoms with Crippen molar-refractivity contribution in [2.24, 2.45) is 0 Å². The molecule has 0 radical (unpaired) electrons. The zero-order chi connectivity index (χ0) is 11.7. The quantitative estimate of drug-likeness (QED) is 0.840. The number of aliphatic hydroxyl groups is 1. The van der Waals surface area contributed by atoms with E-state index in [9.17, 15) is 9.90 Å². The van der Waals surface area contributed by atoms with Gasteiger partial charge in [-0.3, -0.25) is 4.79 Å². The van der Waals surface area contributed by atoms with Crippen LogP contribution in [0.4, 0.5) is 0 Å². The van der Waals surface area contributed by atoms with Crippen LogP contribution in [-0.4, -0.2) is 35.1 Å². The number of rotatable bonds is 1. The molecule has 86 valence electrons. The highest BCUT2D eigenvalue weighted by molar-refractivity contribution is 6.39. The van der Waals surface area contributed by atoms with Crippen LogP contribution in [0.15, 0.2) is 18.2 Å². The van der Waals surface area contributed by atoms with Gasteiger partial charge in [0.05, 0.1) is 21.7 Å². The van der Waals surface area contributed by atoms with E-state index in [0.717, 1.165) is 0 Å². The average Bonchev–Trinajstić information content (AvgIpc) is 2.64. The number of amides is 1. The number of carbonyl (C=O) groups excluding carboxylic acids is 1. The summed E-state index contributed by atoms with van der Waals surface area (Å²) in [7, 11) is 0. The molecular weight excluding hydrogens is 249 g/mol. The van der Waals surface area contributed by atoms with Crippen LogP contribution in [0, 0.1) is 0 Å².